The monoisotopic (exact) mass is 104 g/mol. The van der Waals surface area contributed by atoms with Gasteiger partial charge in [-0.25, -0.2) is 0 Å². The van der Waals surface area contributed by atoms with Gasteiger partial charge in [0.1, 0.15) is 0 Å². The molecular formula is C6H16O. The zero-order chi connectivity index (χ0) is 5.91. The number of ether oxygens (including phenoxy) is 1. The Bertz CT molecular complexity index is 46.5. The van der Waals surface area contributed by atoms with Gasteiger partial charge in [0.2, 0.25) is 0 Å². The van der Waals surface area contributed by atoms with Crippen LogP contribution in [0.4, 0.5) is 0 Å². The lowest BCUT2D eigenvalue weighted by Gasteiger charge is -2.19. The van der Waals surface area contributed by atoms with E-state index in [1.807, 2.05) is 0 Å². The summed E-state index contributed by atoms with van der Waals surface area (Å²) in [7, 11) is 1.74. The maximum atomic E-state index is 5.09. The number of hydrogen-bond acceptors (Lipinski definition) is 1. The fraction of sp³-hybridized carbons (Fsp3) is 1.00. The number of hydrogen-bond donors (Lipinski definition) is 0. The molecule has 1 heteroatoms. The summed E-state index contributed by atoms with van der Waals surface area (Å²) in [6, 6.07) is 0. The molecule has 0 aromatic heterocycles. The van der Waals surface area contributed by atoms with E-state index in [-0.39, 0.29) is 7.03 Å². The first-order chi connectivity index (χ1) is 3.12. The molecule has 0 saturated carbocycles. The Kier molecular flexibility index (Phi) is 2.30. The second-order valence-corrected chi connectivity index (χ2v) is 2.32. The van der Waals surface area contributed by atoms with Crippen LogP contribution in [0.2, 0.25) is 0 Å². The summed E-state index contributed by atoms with van der Waals surface area (Å²) in [5.74, 6) is 0. The highest BCUT2D eigenvalue weighted by atomic mass is 16.5. The molecule has 0 bridgehead atoms. The Hall–Kier alpha value is -0.0400. The summed E-state index contributed by atoms with van der Waals surface area (Å²) >= 11 is 0. The molecule has 0 spiro atoms. The topological polar surface area (TPSA) is 9.23 Å². The summed E-state index contributed by atoms with van der Waals surface area (Å²) in [5.41, 5.74) is 0.0833. The lowest BCUT2D eigenvalue weighted by atomic mass is 10.1. The molecule has 0 atom stereocenters. The quantitative estimate of drug-likeness (QED) is 0.521. The van der Waals surface area contributed by atoms with Gasteiger partial charge in [-0.2, -0.15) is 0 Å². The predicted molar refractivity (Wildman–Crippen MR) is 33.5 cm³/mol. The van der Waals surface area contributed by atoms with Crippen molar-refractivity contribution in [3.63, 3.8) is 0 Å². The van der Waals surface area contributed by atoms with E-state index in [9.17, 15) is 0 Å². The van der Waals surface area contributed by atoms with Crippen molar-refractivity contribution in [2.24, 2.45) is 0 Å². The van der Waals surface area contributed by atoms with Crippen LogP contribution in [-0.4, -0.2) is 12.7 Å². The zero-order valence-corrected chi connectivity index (χ0v) is 5.62. The second kappa shape index (κ2) is 2.31. The molecular weight excluding hydrogens is 88.1 g/mol. The van der Waals surface area contributed by atoms with Crippen molar-refractivity contribution in [1.82, 2.24) is 0 Å². The van der Waals surface area contributed by atoms with E-state index in [1.165, 1.54) is 0 Å². The number of methoxy groups -OCH3 is 1. The summed E-state index contributed by atoms with van der Waals surface area (Å²) in [6.07, 6.45) is 1.07. The minimum Gasteiger partial charge on any atom is -0.379 e. The van der Waals surface area contributed by atoms with Crippen LogP contribution in [-0.2, 0) is 4.74 Å². The van der Waals surface area contributed by atoms with Crippen LogP contribution in [0.5, 0.6) is 0 Å². The van der Waals surface area contributed by atoms with Crippen molar-refractivity contribution >= 4 is 0 Å². The van der Waals surface area contributed by atoms with Crippen LogP contribution < -0.4 is 0 Å². The Labute approximate surface area is 47.2 Å². The van der Waals surface area contributed by atoms with Crippen LogP contribution in [0.25, 0.3) is 0 Å². The highest BCUT2D eigenvalue weighted by Crippen LogP contribution is 2.10. The standard InChI is InChI=1S/C6H14O.H2/c1-5-6(2,3)7-4;/h5H2,1-4H3;1H. The average molecular weight is 104 g/mol. The normalized spacial score (nSPS) is 12.0. The van der Waals surface area contributed by atoms with Crippen LogP contribution in [0.3, 0.4) is 0 Å². The Balaban J connectivity index is 0. The maximum absolute atomic E-state index is 5.09. The Morgan fingerprint density at radius 3 is 2.00 bits per heavy atom. The molecule has 0 amide bonds. The molecule has 1 nitrogen and oxygen atoms in total. The molecule has 7 heavy (non-hydrogen) atoms. The fourth-order valence-electron chi connectivity index (χ4n) is 0.144. The maximum Gasteiger partial charge on any atom is 0.0620 e. The van der Waals surface area contributed by atoms with Gasteiger partial charge in [-0.1, -0.05) is 6.92 Å². The molecule has 0 fully saturated rings. The first-order valence-electron chi connectivity index (χ1n) is 2.67. The molecule has 0 aliphatic heterocycles. The first kappa shape index (κ1) is 6.96. The minimum absolute atomic E-state index is 0. The van der Waals surface area contributed by atoms with E-state index in [2.05, 4.69) is 20.8 Å². The third kappa shape index (κ3) is 2.63. The molecule has 0 saturated heterocycles. The van der Waals surface area contributed by atoms with E-state index in [0.717, 1.165) is 6.42 Å². The summed E-state index contributed by atoms with van der Waals surface area (Å²) in [4.78, 5) is 0. The average Bonchev–Trinajstić information content (AvgIpc) is 1.68. The van der Waals surface area contributed by atoms with E-state index in [4.69, 9.17) is 4.74 Å². The molecule has 0 aliphatic rings. The van der Waals surface area contributed by atoms with Crippen molar-refractivity contribution in [2.75, 3.05) is 7.11 Å². The molecule has 0 rings (SSSR count). The van der Waals surface area contributed by atoms with E-state index < -0.39 is 0 Å². The Morgan fingerprint density at radius 2 is 2.00 bits per heavy atom. The molecule has 0 aromatic rings. The predicted octanol–water partition coefficient (Wildman–Crippen LogP) is 2.07. The highest BCUT2D eigenvalue weighted by molar-refractivity contribution is 4.62. The molecule has 0 unspecified atom stereocenters. The van der Waals surface area contributed by atoms with Crippen molar-refractivity contribution in [3.05, 3.63) is 0 Å². The van der Waals surface area contributed by atoms with E-state index >= 15 is 0 Å². The van der Waals surface area contributed by atoms with Gasteiger partial charge in [-0.15, -0.1) is 0 Å². The molecule has 0 N–H and O–H groups in total. The van der Waals surface area contributed by atoms with Crippen LogP contribution in [0, 0.1) is 0 Å². The molecule has 46 valence electrons. The van der Waals surface area contributed by atoms with Crippen molar-refractivity contribution in [1.29, 1.82) is 0 Å². The third-order valence-electron chi connectivity index (χ3n) is 1.40. The first-order valence-corrected chi connectivity index (χ1v) is 2.67. The lowest BCUT2D eigenvalue weighted by Crippen LogP contribution is -2.20. The van der Waals surface area contributed by atoms with Crippen LogP contribution >= 0.6 is 0 Å². The molecule has 0 aliphatic carbocycles. The number of rotatable bonds is 2. The highest BCUT2D eigenvalue weighted by Gasteiger charge is 2.10. The lowest BCUT2D eigenvalue weighted by molar-refractivity contribution is 0.0196. The van der Waals surface area contributed by atoms with Gasteiger partial charge in [-0.3, -0.25) is 0 Å². The second-order valence-electron chi connectivity index (χ2n) is 2.32. The van der Waals surface area contributed by atoms with Gasteiger partial charge in [0.15, 0.2) is 0 Å². The smallest absolute Gasteiger partial charge is 0.0620 e. The largest absolute Gasteiger partial charge is 0.379 e. The summed E-state index contributed by atoms with van der Waals surface area (Å²) < 4.78 is 5.09. The zero-order valence-electron chi connectivity index (χ0n) is 5.62. The molecule has 0 aromatic carbocycles. The third-order valence-corrected chi connectivity index (χ3v) is 1.40. The van der Waals surface area contributed by atoms with Crippen molar-refractivity contribution < 1.29 is 6.16 Å². The summed E-state index contributed by atoms with van der Waals surface area (Å²) in [5, 5.41) is 0. The van der Waals surface area contributed by atoms with Gasteiger partial charge in [0, 0.05) is 8.54 Å². The van der Waals surface area contributed by atoms with Gasteiger partial charge in [0.05, 0.1) is 5.60 Å². The molecule has 0 radical (unpaired) electrons. The van der Waals surface area contributed by atoms with Crippen LogP contribution in [0.15, 0.2) is 0 Å². The SMILES string of the molecule is CCC(C)(C)OC.[HH]. The van der Waals surface area contributed by atoms with E-state index in [1.54, 1.807) is 7.11 Å². The van der Waals surface area contributed by atoms with E-state index in [0.29, 0.717) is 0 Å². The fourth-order valence-corrected chi connectivity index (χ4v) is 0.144. The van der Waals surface area contributed by atoms with Crippen molar-refractivity contribution in [3.8, 4) is 0 Å². The minimum atomic E-state index is 0. The van der Waals surface area contributed by atoms with Gasteiger partial charge in [0.25, 0.3) is 0 Å². The Morgan fingerprint density at radius 1 is 1.57 bits per heavy atom. The van der Waals surface area contributed by atoms with Gasteiger partial charge < -0.3 is 4.74 Å². The summed E-state index contributed by atoms with van der Waals surface area (Å²) in [6.45, 7) is 6.27. The van der Waals surface area contributed by atoms with Crippen molar-refractivity contribution in [2.45, 2.75) is 32.8 Å². The molecule has 0 heterocycles. The van der Waals surface area contributed by atoms with Gasteiger partial charge in [-0.05, 0) is 20.3 Å². The van der Waals surface area contributed by atoms with Crippen LogP contribution in [0.1, 0.15) is 28.6 Å². The van der Waals surface area contributed by atoms with Gasteiger partial charge >= 0.3 is 0 Å².